The van der Waals surface area contributed by atoms with Crippen LogP contribution in [-0.2, 0) is 4.74 Å². The monoisotopic (exact) mass is 371 g/mol. The van der Waals surface area contributed by atoms with Crippen LogP contribution in [0.5, 0.6) is 5.75 Å². The Morgan fingerprint density at radius 3 is 2.31 bits per heavy atom. The van der Waals surface area contributed by atoms with Gasteiger partial charge in [-0.15, -0.1) is 11.8 Å². The molecule has 2 aromatic carbocycles. The lowest BCUT2D eigenvalue weighted by atomic mass is 10.3. The van der Waals surface area contributed by atoms with E-state index in [1.165, 1.54) is 11.0 Å². The molecule has 0 fully saturated rings. The van der Waals surface area contributed by atoms with Gasteiger partial charge in [0.2, 0.25) is 0 Å². The van der Waals surface area contributed by atoms with Crippen LogP contribution in [0.3, 0.4) is 0 Å². The van der Waals surface area contributed by atoms with E-state index < -0.39 is 4.92 Å². The molecular formula is C20H21NO4S. The van der Waals surface area contributed by atoms with Crippen LogP contribution in [0.4, 0.5) is 5.69 Å². The van der Waals surface area contributed by atoms with Crippen LogP contribution in [0.25, 0.3) is 0 Å². The second kappa shape index (κ2) is 11.9. The zero-order chi connectivity index (χ0) is 18.5. The van der Waals surface area contributed by atoms with E-state index in [2.05, 4.69) is 18.2 Å². The van der Waals surface area contributed by atoms with Crippen molar-refractivity contribution in [1.29, 1.82) is 0 Å². The molecule has 0 aliphatic rings. The minimum Gasteiger partial charge on any atom is -0.483 e. The van der Waals surface area contributed by atoms with Crippen molar-refractivity contribution in [2.24, 2.45) is 0 Å². The number of nitro groups is 1. The summed E-state index contributed by atoms with van der Waals surface area (Å²) in [6.45, 7) is 1.28. The van der Waals surface area contributed by atoms with Gasteiger partial charge in [0, 0.05) is 16.7 Å². The SMILES string of the molecule is O=[N+]([O-])c1ccccc1OC/C=C/COC/C=C/CSc1ccccc1. The van der Waals surface area contributed by atoms with Gasteiger partial charge in [0.15, 0.2) is 5.75 Å². The summed E-state index contributed by atoms with van der Waals surface area (Å²) < 4.78 is 10.9. The number of nitro benzene ring substituents is 1. The molecule has 0 saturated carbocycles. The summed E-state index contributed by atoms with van der Waals surface area (Å²) in [6, 6.07) is 16.6. The third-order valence-electron chi connectivity index (χ3n) is 3.25. The highest BCUT2D eigenvalue weighted by atomic mass is 32.2. The first kappa shape index (κ1) is 19.8. The van der Waals surface area contributed by atoms with Gasteiger partial charge in [-0.3, -0.25) is 10.1 Å². The highest BCUT2D eigenvalue weighted by molar-refractivity contribution is 7.99. The van der Waals surface area contributed by atoms with Gasteiger partial charge in [0.05, 0.1) is 18.1 Å². The first-order valence-corrected chi connectivity index (χ1v) is 9.17. The van der Waals surface area contributed by atoms with Gasteiger partial charge in [-0.25, -0.2) is 0 Å². The van der Waals surface area contributed by atoms with Crippen LogP contribution in [0.2, 0.25) is 0 Å². The zero-order valence-electron chi connectivity index (χ0n) is 14.3. The van der Waals surface area contributed by atoms with Crippen molar-refractivity contribution in [3.63, 3.8) is 0 Å². The fourth-order valence-corrected chi connectivity index (χ4v) is 2.78. The molecule has 5 nitrogen and oxygen atoms in total. The Balaban J connectivity index is 1.55. The Morgan fingerprint density at radius 2 is 1.54 bits per heavy atom. The fraction of sp³-hybridized carbons (Fsp3) is 0.200. The third kappa shape index (κ3) is 7.55. The van der Waals surface area contributed by atoms with Gasteiger partial charge in [-0.05, 0) is 24.3 Å². The van der Waals surface area contributed by atoms with Crippen LogP contribution in [-0.4, -0.2) is 30.5 Å². The van der Waals surface area contributed by atoms with Crippen molar-refractivity contribution in [2.75, 3.05) is 25.6 Å². The molecule has 0 amide bonds. The predicted octanol–water partition coefficient (Wildman–Crippen LogP) is 4.89. The summed E-state index contributed by atoms with van der Waals surface area (Å²) in [5.41, 5.74) is -0.0318. The van der Waals surface area contributed by atoms with Crippen LogP contribution in [0, 0.1) is 10.1 Å². The number of nitrogens with zero attached hydrogens (tertiary/aromatic N) is 1. The Hall–Kier alpha value is -2.57. The molecule has 0 unspecified atom stereocenters. The average Bonchev–Trinajstić information content (AvgIpc) is 2.67. The molecule has 0 radical (unpaired) electrons. The van der Waals surface area contributed by atoms with Crippen molar-refractivity contribution < 1.29 is 14.4 Å². The van der Waals surface area contributed by atoms with E-state index in [4.69, 9.17) is 9.47 Å². The summed E-state index contributed by atoms with van der Waals surface area (Å²) >= 11 is 1.78. The van der Waals surface area contributed by atoms with Gasteiger partial charge in [-0.2, -0.15) is 0 Å². The third-order valence-corrected chi connectivity index (χ3v) is 4.21. The van der Waals surface area contributed by atoms with Crippen molar-refractivity contribution in [3.8, 4) is 5.75 Å². The molecular weight excluding hydrogens is 350 g/mol. The highest BCUT2D eigenvalue weighted by Gasteiger charge is 2.12. The standard InChI is InChI=1S/C20H21NO4S/c22-21(23)19-12-4-5-13-20(19)25-16-7-6-14-24-15-8-9-17-26-18-10-2-1-3-11-18/h1-13H,14-17H2/b7-6+,9-8+. The van der Waals surface area contributed by atoms with Gasteiger partial charge in [-0.1, -0.05) is 48.6 Å². The van der Waals surface area contributed by atoms with Gasteiger partial charge < -0.3 is 9.47 Å². The van der Waals surface area contributed by atoms with E-state index in [1.54, 1.807) is 36.0 Å². The lowest BCUT2D eigenvalue weighted by Gasteiger charge is -2.03. The first-order chi connectivity index (χ1) is 12.8. The maximum absolute atomic E-state index is 10.9. The molecule has 0 atom stereocenters. The van der Waals surface area contributed by atoms with E-state index in [-0.39, 0.29) is 18.0 Å². The number of hydrogen-bond acceptors (Lipinski definition) is 5. The summed E-state index contributed by atoms with van der Waals surface area (Å²) in [4.78, 5) is 11.7. The fourth-order valence-electron chi connectivity index (χ4n) is 2.01. The van der Waals surface area contributed by atoms with Crippen LogP contribution in [0.15, 0.2) is 83.8 Å². The molecule has 0 N–H and O–H groups in total. The van der Waals surface area contributed by atoms with Crippen LogP contribution in [0.1, 0.15) is 0 Å². The topological polar surface area (TPSA) is 61.6 Å². The van der Waals surface area contributed by atoms with Gasteiger partial charge in [0.25, 0.3) is 0 Å². The molecule has 6 heteroatoms. The molecule has 0 aromatic heterocycles. The predicted molar refractivity (Wildman–Crippen MR) is 105 cm³/mol. The molecule has 26 heavy (non-hydrogen) atoms. The van der Waals surface area contributed by atoms with Crippen molar-refractivity contribution in [3.05, 3.63) is 89.0 Å². The minimum atomic E-state index is -0.454. The smallest absolute Gasteiger partial charge is 0.310 e. The number of benzene rings is 2. The second-order valence-electron chi connectivity index (χ2n) is 5.14. The molecule has 2 rings (SSSR count). The van der Waals surface area contributed by atoms with E-state index in [0.29, 0.717) is 13.2 Å². The molecule has 0 aliphatic carbocycles. The van der Waals surface area contributed by atoms with E-state index in [9.17, 15) is 10.1 Å². The Labute approximate surface area is 157 Å². The number of hydrogen-bond donors (Lipinski definition) is 0. The Morgan fingerprint density at radius 1 is 0.885 bits per heavy atom. The molecule has 0 spiro atoms. The van der Waals surface area contributed by atoms with Gasteiger partial charge in [0.1, 0.15) is 6.61 Å². The van der Waals surface area contributed by atoms with Gasteiger partial charge >= 0.3 is 5.69 Å². The maximum Gasteiger partial charge on any atom is 0.310 e. The molecule has 0 aliphatic heterocycles. The Bertz CT molecular complexity index is 732. The minimum absolute atomic E-state index is 0.0318. The van der Waals surface area contributed by atoms with E-state index in [1.807, 2.05) is 30.4 Å². The molecule has 0 bridgehead atoms. The summed E-state index contributed by atoms with van der Waals surface area (Å²) in [7, 11) is 0. The quantitative estimate of drug-likeness (QED) is 0.185. The normalized spacial score (nSPS) is 11.2. The van der Waals surface area contributed by atoms with E-state index in [0.717, 1.165) is 5.75 Å². The zero-order valence-corrected chi connectivity index (χ0v) is 15.1. The highest BCUT2D eigenvalue weighted by Crippen LogP contribution is 2.25. The second-order valence-corrected chi connectivity index (χ2v) is 6.23. The van der Waals surface area contributed by atoms with Crippen molar-refractivity contribution >= 4 is 17.4 Å². The summed E-state index contributed by atoms with van der Waals surface area (Å²) in [6.07, 6.45) is 7.69. The number of rotatable bonds is 11. The molecule has 2 aromatic rings. The summed E-state index contributed by atoms with van der Waals surface area (Å²) in [5, 5.41) is 10.9. The van der Waals surface area contributed by atoms with Crippen molar-refractivity contribution in [2.45, 2.75) is 4.90 Å². The first-order valence-electron chi connectivity index (χ1n) is 8.19. The maximum atomic E-state index is 10.9. The summed E-state index contributed by atoms with van der Waals surface area (Å²) in [5.74, 6) is 1.18. The van der Waals surface area contributed by atoms with E-state index >= 15 is 0 Å². The number of ether oxygens (including phenoxy) is 2. The van der Waals surface area contributed by atoms with Crippen LogP contribution < -0.4 is 4.74 Å². The van der Waals surface area contributed by atoms with Crippen LogP contribution >= 0.6 is 11.8 Å². The lowest BCUT2D eigenvalue weighted by Crippen LogP contribution is -1.98. The molecule has 136 valence electrons. The lowest BCUT2D eigenvalue weighted by molar-refractivity contribution is -0.385. The average molecular weight is 371 g/mol. The largest absolute Gasteiger partial charge is 0.483 e. The molecule has 0 heterocycles. The van der Waals surface area contributed by atoms with Crippen molar-refractivity contribution in [1.82, 2.24) is 0 Å². The molecule has 0 saturated heterocycles. The number of thioether (sulfide) groups is 1. The number of para-hydroxylation sites is 2. The Kier molecular flexibility index (Phi) is 9.03.